The van der Waals surface area contributed by atoms with Gasteiger partial charge in [-0.15, -0.1) is 0 Å². The van der Waals surface area contributed by atoms with E-state index in [0.29, 0.717) is 6.92 Å². The largest absolute Gasteiger partial charge is 0.493 e. The van der Waals surface area contributed by atoms with E-state index >= 15 is 0 Å². The maximum Gasteiger partial charge on any atom is 0.270 e. The zero-order chi connectivity index (χ0) is 21.9. The van der Waals surface area contributed by atoms with Crippen LogP contribution in [0.25, 0.3) is 0 Å². The lowest BCUT2D eigenvalue weighted by atomic mass is 10.1. The van der Waals surface area contributed by atoms with Gasteiger partial charge in [0.1, 0.15) is 11.6 Å². The number of nitrogens with one attached hydrogen (secondary N) is 2. The van der Waals surface area contributed by atoms with Crippen LogP contribution in [-0.2, 0) is 5.92 Å². The first-order chi connectivity index (χ1) is 14.2. The zero-order valence-electron chi connectivity index (χ0n) is 16.0. The first kappa shape index (κ1) is 21.0. The lowest BCUT2D eigenvalue weighted by molar-refractivity contribution is 0.0172. The van der Waals surface area contributed by atoms with Crippen LogP contribution in [0.15, 0.2) is 59.5 Å². The number of hydrogen-bond donors (Lipinski definition) is 2. The number of anilines is 1. The molecule has 0 fully saturated rings. The molecule has 30 heavy (non-hydrogen) atoms. The van der Waals surface area contributed by atoms with Crippen LogP contribution in [0.5, 0.6) is 17.2 Å². The number of hydrogen-bond acceptors (Lipinski definition) is 4. The molecule has 0 spiro atoms. The maximum atomic E-state index is 13.8. The van der Waals surface area contributed by atoms with Gasteiger partial charge in [-0.05, 0) is 30.3 Å². The number of rotatable bonds is 6. The molecular weight excluding hydrogens is 401 g/mol. The van der Waals surface area contributed by atoms with Crippen LogP contribution in [0.1, 0.15) is 22.8 Å². The molecule has 0 saturated heterocycles. The molecule has 3 rings (SSSR count). The average Bonchev–Trinajstić information content (AvgIpc) is 2.68. The summed E-state index contributed by atoms with van der Waals surface area (Å²) >= 11 is 0. The Kier molecular flexibility index (Phi) is 5.81. The molecule has 0 atom stereocenters. The van der Waals surface area contributed by atoms with Crippen molar-refractivity contribution in [3.05, 3.63) is 82.0 Å². The summed E-state index contributed by atoms with van der Waals surface area (Å²) in [5.74, 6) is -4.61. The zero-order valence-corrected chi connectivity index (χ0v) is 16.0. The number of aromatic nitrogens is 1. The molecule has 0 aliphatic carbocycles. The second-order valence-corrected chi connectivity index (χ2v) is 6.39. The number of halogens is 3. The lowest BCUT2D eigenvalue weighted by Crippen LogP contribution is -2.16. The van der Waals surface area contributed by atoms with Crippen molar-refractivity contribution in [1.82, 2.24) is 4.98 Å². The Morgan fingerprint density at radius 2 is 1.80 bits per heavy atom. The topological polar surface area (TPSA) is 80.4 Å². The Bertz CT molecular complexity index is 1140. The van der Waals surface area contributed by atoms with Gasteiger partial charge in [-0.2, -0.15) is 0 Å². The molecule has 9 heteroatoms. The molecule has 0 bridgehead atoms. The van der Waals surface area contributed by atoms with Crippen molar-refractivity contribution in [2.24, 2.45) is 0 Å². The van der Waals surface area contributed by atoms with Crippen molar-refractivity contribution in [3.63, 3.8) is 0 Å². The fourth-order valence-corrected chi connectivity index (χ4v) is 2.63. The van der Waals surface area contributed by atoms with E-state index in [1.54, 1.807) is 0 Å². The highest BCUT2D eigenvalue weighted by atomic mass is 19.3. The predicted octanol–water partition coefficient (Wildman–Crippen LogP) is 4.68. The summed E-state index contributed by atoms with van der Waals surface area (Å²) in [6.45, 7) is 0.709. The first-order valence-electron chi connectivity index (χ1n) is 8.71. The van der Waals surface area contributed by atoms with Crippen LogP contribution < -0.4 is 20.3 Å². The number of benzene rings is 2. The Hall–Kier alpha value is -3.75. The van der Waals surface area contributed by atoms with Gasteiger partial charge in [0.05, 0.1) is 12.7 Å². The molecule has 0 unspecified atom stereocenters. The third kappa shape index (κ3) is 4.80. The highest BCUT2D eigenvalue weighted by molar-refractivity contribution is 6.06. The van der Waals surface area contributed by atoms with E-state index < -0.39 is 23.2 Å². The molecule has 0 aliphatic heterocycles. The van der Waals surface area contributed by atoms with Crippen LogP contribution in [0.3, 0.4) is 0 Å². The molecule has 3 aromatic rings. The second-order valence-electron chi connectivity index (χ2n) is 6.39. The Balaban J connectivity index is 2.02. The van der Waals surface area contributed by atoms with Gasteiger partial charge in [0.15, 0.2) is 11.5 Å². The fraction of sp³-hybridized carbons (Fsp3) is 0.143. The van der Waals surface area contributed by atoms with Gasteiger partial charge in [-0.3, -0.25) is 9.59 Å². The minimum atomic E-state index is -3.19. The van der Waals surface area contributed by atoms with E-state index in [0.717, 1.165) is 30.3 Å². The summed E-state index contributed by atoms with van der Waals surface area (Å²) in [5, 5.41) is 2.50. The molecule has 2 aromatic carbocycles. The molecule has 0 radical (unpaired) electrons. The predicted molar refractivity (Wildman–Crippen MR) is 104 cm³/mol. The molecular formula is C21H17F3N2O4. The number of H-pyrrole nitrogens is 1. The molecule has 0 saturated carbocycles. The number of methoxy groups -OCH3 is 1. The van der Waals surface area contributed by atoms with Crippen LogP contribution >= 0.6 is 0 Å². The molecule has 1 aromatic heterocycles. The van der Waals surface area contributed by atoms with Crippen LogP contribution in [0.4, 0.5) is 18.9 Å². The molecule has 2 N–H and O–H groups in total. The summed E-state index contributed by atoms with van der Waals surface area (Å²) < 4.78 is 51.8. The van der Waals surface area contributed by atoms with Crippen molar-refractivity contribution in [3.8, 4) is 17.2 Å². The number of carbonyl (C=O) groups excluding carboxylic acids is 1. The van der Waals surface area contributed by atoms with E-state index in [1.807, 2.05) is 0 Å². The minimum Gasteiger partial charge on any atom is -0.493 e. The van der Waals surface area contributed by atoms with Crippen molar-refractivity contribution >= 4 is 11.6 Å². The number of pyridine rings is 1. The van der Waals surface area contributed by atoms with Crippen molar-refractivity contribution in [2.45, 2.75) is 12.8 Å². The number of carbonyl (C=O) groups is 1. The smallest absolute Gasteiger partial charge is 0.270 e. The van der Waals surface area contributed by atoms with Crippen LogP contribution in [0.2, 0.25) is 0 Å². The molecule has 0 aliphatic rings. The van der Waals surface area contributed by atoms with Crippen LogP contribution in [0, 0.1) is 5.82 Å². The molecule has 156 valence electrons. The third-order valence-electron chi connectivity index (χ3n) is 4.11. The maximum absolute atomic E-state index is 13.8. The lowest BCUT2D eigenvalue weighted by Gasteiger charge is -2.17. The standard InChI is InChI=1S/C21H17F3N2O4/c1-21(23,24)12-3-5-15(20(28)26-14-7-8-25-19(27)11-14)17(9-12)30-16-6-4-13(22)10-18(16)29-2/h3-11H,1-2H3,(H2,25,26,27,28). The summed E-state index contributed by atoms with van der Waals surface area (Å²) in [5.41, 5.74) is -0.679. The van der Waals surface area contributed by atoms with Crippen molar-refractivity contribution < 1.29 is 27.4 Å². The Morgan fingerprint density at radius 1 is 1.03 bits per heavy atom. The number of alkyl halides is 2. The van der Waals surface area contributed by atoms with Gasteiger partial charge in [0.25, 0.3) is 11.8 Å². The number of ether oxygens (including phenoxy) is 2. The quantitative estimate of drug-likeness (QED) is 0.609. The summed E-state index contributed by atoms with van der Waals surface area (Å²) in [6, 6.07) is 9.34. The van der Waals surface area contributed by atoms with E-state index in [4.69, 9.17) is 9.47 Å². The Labute approximate surface area is 169 Å². The van der Waals surface area contributed by atoms with E-state index in [2.05, 4.69) is 10.3 Å². The van der Waals surface area contributed by atoms with Crippen LogP contribution in [-0.4, -0.2) is 18.0 Å². The number of aromatic amines is 1. The summed E-state index contributed by atoms with van der Waals surface area (Å²) in [7, 11) is 1.29. The van der Waals surface area contributed by atoms with Gasteiger partial charge < -0.3 is 19.8 Å². The van der Waals surface area contributed by atoms with E-state index in [1.165, 1.54) is 31.5 Å². The fourth-order valence-electron chi connectivity index (χ4n) is 2.63. The Morgan fingerprint density at radius 3 is 2.47 bits per heavy atom. The SMILES string of the molecule is COc1cc(F)ccc1Oc1cc(C(C)(F)F)ccc1C(=O)Nc1cc[nH]c(=O)c1. The van der Waals surface area contributed by atoms with Gasteiger partial charge in [0, 0.05) is 36.5 Å². The molecule has 1 heterocycles. The highest BCUT2D eigenvalue weighted by Gasteiger charge is 2.27. The van der Waals surface area contributed by atoms with Gasteiger partial charge in [-0.25, -0.2) is 13.2 Å². The third-order valence-corrected chi connectivity index (χ3v) is 4.11. The second kappa shape index (κ2) is 8.32. The average molecular weight is 418 g/mol. The number of amides is 1. The highest BCUT2D eigenvalue weighted by Crippen LogP contribution is 2.37. The van der Waals surface area contributed by atoms with Crippen molar-refractivity contribution in [2.75, 3.05) is 12.4 Å². The minimum absolute atomic E-state index is 0.0182. The van der Waals surface area contributed by atoms with Gasteiger partial charge in [0.2, 0.25) is 5.56 Å². The molecule has 1 amide bonds. The van der Waals surface area contributed by atoms with Gasteiger partial charge >= 0.3 is 0 Å². The summed E-state index contributed by atoms with van der Waals surface area (Å²) in [6.07, 6.45) is 1.35. The molecule has 6 nitrogen and oxygen atoms in total. The van der Waals surface area contributed by atoms with E-state index in [-0.39, 0.29) is 34.1 Å². The van der Waals surface area contributed by atoms with Gasteiger partial charge in [-0.1, -0.05) is 6.07 Å². The monoisotopic (exact) mass is 418 g/mol. The summed E-state index contributed by atoms with van der Waals surface area (Å²) in [4.78, 5) is 26.5. The van der Waals surface area contributed by atoms with E-state index in [9.17, 15) is 22.8 Å². The normalized spacial score (nSPS) is 11.1. The first-order valence-corrected chi connectivity index (χ1v) is 8.71. The van der Waals surface area contributed by atoms with Crippen molar-refractivity contribution in [1.29, 1.82) is 0 Å².